The topological polar surface area (TPSA) is 45.2 Å². The summed E-state index contributed by atoms with van der Waals surface area (Å²) >= 11 is 1.67. The van der Waals surface area contributed by atoms with Crippen molar-refractivity contribution < 1.29 is 4.79 Å². The first-order valence-corrected chi connectivity index (χ1v) is 9.09. The van der Waals surface area contributed by atoms with Crippen molar-refractivity contribution in [2.75, 3.05) is 27.2 Å². The molecular formula is C20H19N3OS. The number of carbonyl (C=O) groups excluding carboxylic acids is 1. The highest BCUT2D eigenvalue weighted by atomic mass is 32.1. The van der Waals surface area contributed by atoms with E-state index >= 15 is 0 Å². The molecule has 2 heterocycles. The van der Waals surface area contributed by atoms with Crippen molar-refractivity contribution in [2.45, 2.75) is 0 Å². The Morgan fingerprint density at radius 2 is 1.96 bits per heavy atom. The second-order valence-corrected chi connectivity index (χ2v) is 7.41. The van der Waals surface area contributed by atoms with Gasteiger partial charge in [0.1, 0.15) is 4.83 Å². The van der Waals surface area contributed by atoms with E-state index in [0.717, 1.165) is 27.7 Å². The van der Waals surface area contributed by atoms with Crippen LogP contribution in [-0.4, -0.2) is 43.0 Å². The summed E-state index contributed by atoms with van der Waals surface area (Å²) in [7, 11) is 3.98. The van der Waals surface area contributed by atoms with Gasteiger partial charge in [0.05, 0.1) is 11.1 Å². The fraction of sp³-hybridized carbons (Fsp3) is 0.200. The Kier molecular flexibility index (Phi) is 4.11. The Balaban J connectivity index is 1.80. The fourth-order valence-corrected chi connectivity index (χ4v) is 4.06. The molecule has 4 aromatic rings. The Hall–Kier alpha value is -2.50. The van der Waals surface area contributed by atoms with Gasteiger partial charge in [-0.2, -0.15) is 0 Å². The van der Waals surface area contributed by atoms with E-state index in [0.29, 0.717) is 12.1 Å². The zero-order valence-corrected chi connectivity index (χ0v) is 15.1. The number of nitrogens with zero attached hydrogens (tertiary/aromatic N) is 2. The molecule has 4 nitrogen and oxygen atoms in total. The molecule has 0 spiro atoms. The third-order valence-electron chi connectivity index (χ3n) is 4.28. The van der Waals surface area contributed by atoms with Gasteiger partial charge in [0.25, 0.3) is 5.91 Å². The molecule has 126 valence electrons. The number of carbonyl (C=O) groups is 1. The van der Waals surface area contributed by atoms with E-state index < -0.39 is 0 Å². The van der Waals surface area contributed by atoms with Crippen LogP contribution in [0.15, 0.2) is 48.5 Å². The maximum Gasteiger partial charge on any atom is 0.253 e. The van der Waals surface area contributed by atoms with Crippen LogP contribution in [0.5, 0.6) is 0 Å². The number of aromatic nitrogens is 1. The molecule has 1 N–H and O–H groups in total. The minimum atomic E-state index is -0.0691. The molecule has 5 heteroatoms. The zero-order chi connectivity index (χ0) is 17.4. The summed E-state index contributed by atoms with van der Waals surface area (Å²) < 4.78 is 1.22. The largest absolute Gasteiger partial charge is 0.351 e. The van der Waals surface area contributed by atoms with Gasteiger partial charge in [-0.25, -0.2) is 4.98 Å². The lowest BCUT2D eigenvalue weighted by Crippen LogP contribution is -2.31. The van der Waals surface area contributed by atoms with Crippen molar-refractivity contribution in [3.63, 3.8) is 0 Å². The van der Waals surface area contributed by atoms with Crippen LogP contribution in [0.3, 0.4) is 0 Å². The van der Waals surface area contributed by atoms with Gasteiger partial charge in [-0.05, 0) is 32.3 Å². The van der Waals surface area contributed by atoms with E-state index in [1.165, 1.54) is 10.1 Å². The Labute approximate surface area is 150 Å². The van der Waals surface area contributed by atoms with Gasteiger partial charge >= 0.3 is 0 Å². The molecule has 2 aromatic carbocycles. The van der Waals surface area contributed by atoms with Crippen LogP contribution in [0.1, 0.15) is 10.4 Å². The number of benzene rings is 2. The normalized spacial score (nSPS) is 11.6. The molecule has 4 rings (SSSR count). The average Bonchev–Trinajstić information content (AvgIpc) is 2.96. The van der Waals surface area contributed by atoms with Gasteiger partial charge < -0.3 is 10.2 Å². The van der Waals surface area contributed by atoms with E-state index in [2.05, 4.69) is 23.5 Å². The SMILES string of the molecule is CN(C)CCNC(=O)c1cccc2cc3c(nc12)sc1ccccc13. The van der Waals surface area contributed by atoms with Gasteiger partial charge in [-0.1, -0.05) is 30.3 Å². The summed E-state index contributed by atoms with van der Waals surface area (Å²) in [6.45, 7) is 1.43. The maximum atomic E-state index is 12.6. The molecule has 0 saturated heterocycles. The first kappa shape index (κ1) is 16.0. The maximum absolute atomic E-state index is 12.6. The van der Waals surface area contributed by atoms with Crippen LogP contribution in [-0.2, 0) is 0 Å². The lowest BCUT2D eigenvalue weighted by atomic mass is 10.1. The summed E-state index contributed by atoms with van der Waals surface area (Å²) in [5, 5.41) is 6.35. The van der Waals surface area contributed by atoms with E-state index in [1.807, 2.05) is 49.3 Å². The van der Waals surface area contributed by atoms with Gasteiger partial charge in [0, 0.05) is 33.9 Å². The van der Waals surface area contributed by atoms with E-state index in [1.54, 1.807) is 11.3 Å². The molecule has 2 aromatic heterocycles. The number of fused-ring (bicyclic) bond motifs is 4. The molecule has 25 heavy (non-hydrogen) atoms. The van der Waals surface area contributed by atoms with Gasteiger partial charge in [0.15, 0.2) is 0 Å². The number of para-hydroxylation sites is 1. The molecular weight excluding hydrogens is 330 g/mol. The number of hydrogen-bond acceptors (Lipinski definition) is 4. The third kappa shape index (κ3) is 2.97. The fourth-order valence-electron chi connectivity index (χ4n) is 3.01. The molecule has 0 aliphatic rings. The van der Waals surface area contributed by atoms with Crippen LogP contribution < -0.4 is 5.32 Å². The molecule has 0 aliphatic heterocycles. The summed E-state index contributed by atoms with van der Waals surface area (Å²) in [5.41, 5.74) is 1.40. The number of likely N-dealkylation sites (N-methyl/N-ethyl adjacent to an activating group) is 1. The number of pyridine rings is 1. The predicted octanol–water partition coefficient (Wildman–Crippen LogP) is 3.89. The second kappa shape index (κ2) is 6.43. The summed E-state index contributed by atoms with van der Waals surface area (Å²) in [6.07, 6.45) is 0. The molecule has 0 bridgehead atoms. The lowest BCUT2D eigenvalue weighted by Gasteiger charge is -2.11. The number of thiophene rings is 1. The molecule has 0 radical (unpaired) electrons. The molecule has 1 amide bonds. The first-order valence-electron chi connectivity index (χ1n) is 8.27. The predicted molar refractivity (Wildman–Crippen MR) is 106 cm³/mol. The van der Waals surface area contributed by atoms with Crippen LogP contribution in [0, 0.1) is 0 Å². The van der Waals surface area contributed by atoms with E-state index in [9.17, 15) is 4.79 Å². The number of amides is 1. The zero-order valence-electron chi connectivity index (χ0n) is 14.2. The highest BCUT2D eigenvalue weighted by Gasteiger charge is 2.14. The summed E-state index contributed by atoms with van der Waals surface area (Å²) in [6, 6.07) is 16.3. The highest BCUT2D eigenvalue weighted by molar-refractivity contribution is 7.25. The second-order valence-electron chi connectivity index (χ2n) is 6.38. The van der Waals surface area contributed by atoms with E-state index in [4.69, 9.17) is 4.98 Å². The van der Waals surface area contributed by atoms with Gasteiger partial charge in [-0.3, -0.25) is 4.79 Å². The summed E-state index contributed by atoms with van der Waals surface area (Å²) in [5.74, 6) is -0.0691. The molecule has 0 unspecified atom stereocenters. The molecule has 0 saturated carbocycles. The van der Waals surface area contributed by atoms with Gasteiger partial charge in [0.2, 0.25) is 0 Å². The van der Waals surface area contributed by atoms with Crippen molar-refractivity contribution in [2.24, 2.45) is 0 Å². The van der Waals surface area contributed by atoms with E-state index in [-0.39, 0.29) is 5.91 Å². The Morgan fingerprint density at radius 1 is 1.12 bits per heavy atom. The van der Waals surface area contributed by atoms with Crippen LogP contribution in [0.2, 0.25) is 0 Å². The van der Waals surface area contributed by atoms with Gasteiger partial charge in [-0.15, -0.1) is 11.3 Å². The third-order valence-corrected chi connectivity index (χ3v) is 5.36. The van der Waals surface area contributed by atoms with Crippen molar-refractivity contribution >= 4 is 48.4 Å². The number of rotatable bonds is 4. The number of nitrogens with one attached hydrogen (secondary N) is 1. The Morgan fingerprint density at radius 3 is 2.80 bits per heavy atom. The minimum absolute atomic E-state index is 0.0691. The molecule has 0 fully saturated rings. The van der Waals surface area contributed by atoms with Crippen LogP contribution in [0.4, 0.5) is 0 Å². The quantitative estimate of drug-likeness (QED) is 0.608. The lowest BCUT2D eigenvalue weighted by molar-refractivity contribution is 0.0952. The smallest absolute Gasteiger partial charge is 0.253 e. The average molecular weight is 349 g/mol. The van der Waals surface area contributed by atoms with Crippen molar-refractivity contribution in [1.82, 2.24) is 15.2 Å². The minimum Gasteiger partial charge on any atom is -0.351 e. The van der Waals surface area contributed by atoms with Crippen LogP contribution >= 0.6 is 11.3 Å². The van der Waals surface area contributed by atoms with Crippen LogP contribution in [0.25, 0.3) is 31.2 Å². The van der Waals surface area contributed by atoms with Crippen molar-refractivity contribution in [1.29, 1.82) is 0 Å². The first-order chi connectivity index (χ1) is 12.1. The standard InChI is InChI=1S/C20H19N3OS/c1-23(2)11-10-21-19(24)15-8-5-6-13-12-16-14-7-3-4-9-17(14)25-20(16)22-18(13)15/h3-9,12H,10-11H2,1-2H3,(H,21,24). The Bertz CT molecular complexity index is 1080. The highest BCUT2D eigenvalue weighted by Crippen LogP contribution is 2.34. The molecule has 0 atom stereocenters. The van der Waals surface area contributed by atoms with Crippen molar-refractivity contribution in [3.8, 4) is 0 Å². The summed E-state index contributed by atoms with van der Waals surface area (Å²) in [4.78, 5) is 20.4. The molecule has 0 aliphatic carbocycles. The number of hydrogen-bond donors (Lipinski definition) is 1. The monoisotopic (exact) mass is 349 g/mol. The van der Waals surface area contributed by atoms with Crippen molar-refractivity contribution in [3.05, 3.63) is 54.1 Å².